The highest BCUT2D eigenvalue weighted by Gasteiger charge is 2.30. The smallest absolute Gasteiger partial charge is 0.308 e. The van der Waals surface area contributed by atoms with E-state index in [4.69, 9.17) is 16.3 Å². The maximum absolute atomic E-state index is 12.5. The summed E-state index contributed by atoms with van der Waals surface area (Å²) in [7, 11) is 1.53. The third-order valence-corrected chi connectivity index (χ3v) is 5.18. The largest absolute Gasteiger partial charge is 0.617 e. The van der Waals surface area contributed by atoms with Gasteiger partial charge >= 0.3 is 5.15 Å². The highest BCUT2D eigenvalue weighted by atomic mass is 35.5. The predicted octanol–water partition coefficient (Wildman–Crippen LogP) is 3.95. The molecule has 0 aliphatic carbocycles. The number of fused-ring (bicyclic) bond motifs is 1. The van der Waals surface area contributed by atoms with Crippen molar-refractivity contribution < 1.29 is 9.47 Å². The Balaban J connectivity index is 1.93. The summed E-state index contributed by atoms with van der Waals surface area (Å²) in [5.41, 5.74) is 5.91. The Morgan fingerprint density at radius 2 is 2.23 bits per heavy atom. The SMILES string of the molecule is COc1nc(C)c(Cl)[n+]([O-])c1CC1CNc2c(CC=C(C)C)cccc21. The molecular formula is C20H24ClN3O2. The Labute approximate surface area is 159 Å². The van der Waals surface area contributed by atoms with Gasteiger partial charge in [-0.25, -0.2) is 4.98 Å². The number of nitrogens with one attached hydrogen (secondary N) is 1. The number of hydrogen-bond donors (Lipinski definition) is 1. The molecule has 0 fully saturated rings. The Morgan fingerprint density at radius 1 is 1.46 bits per heavy atom. The fraction of sp³-hybridized carbons (Fsp3) is 0.400. The fourth-order valence-corrected chi connectivity index (χ4v) is 3.50. The molecule has 1 aliphatic heterocycles. The third-order valence-electron chi connectivity index (χ3n) is 4.75. The van der Waals surface area contributed by atoms with Crippen LogP contribution in [0.2, 0.25) is 5.15 Å². The first-order valence-electron chi connectivity index (χ1n) is 8.74. The van der Waals surface area contributed by atoms with Gasteiger partial charge in [0.1, 0.15) is 5.69 Å². The lowest BCUT2D eigenvalue weighted by molar-refractivity contribution is -0.613. The summed E-state index contributed by atoms with van der Waals surface area (Å²) in [5, 5.41) is 16.2. The molecule has 2 aromatic rings. The zero-order chi connectivity index (χ0) is 18.8. The van der Waals surface area contributed by atoms with E-state index in [9.17, 15) is 5.21 Å². The van der Waals surface area contributed by atoms with Crippen LogP contribution in [0.3, 0.4) is 0 Å². The number of halogens is 1. The van der Waals surface area contributed by atoms with Gasteiger partial charge in [0.15, 0.2) is 0 Å². The summed E-state index contributed by atoms with van der Waals surface area (Å²) < 4.78 is 6.07. The fourth-order valence-electron chi connectivity index (χ4n) is 3.36. The number of allylic oxidation sites excluding steroid dienone is 2. The first kappa shape index (κ1) is 18.5. The molecule has 1 aromatic carbocycles. The van der Waals surface area contributed by atoms with Crippen LogP contribution in [0.5, 0.6) is 5.88 Å². The van der Waals surface area contributed by atoms with E-state index >= 15 is 0 Å². The highest BCUT2D eigenvalue weighted by molar-refractivity contribution is 6.29. The van der Waals surface area contributed by atoms with Gasteiger partial charge in [-0.05, 0) is 49.9 Å². The minimum Gasteiger partial charge on any atom is -0.617 e. The van der Waals surface area contributed by atoms with Crippen LogP contribution in [-0.2, 0) is 12.8 Å². The second kappa shape index (κ2) is 7.54. The number of benzene rings is 1. The Kier molecular flexibility index (Phi) is 5.37. The molecule has 1 aromatic heterocycles. The molecule has 1 aliphatic rings. The number of methoxy groups -OCH3 is 1. The van der Waals surface area contributed by atoms with Crippen molar-refractivity contribution in [2.75, 3.05) is 19.0 Å². The van der Waals surface area contributed by atoms with Crippen LogP contribution in [0, 0.1) is 12.1 Å². The molecule has 1 N–H and O–H groups in total. The van der Waals surface area contributed by atoms with Crippen molar-refractivity contribution in [3.8, 4) is 5.88 Å². The molecule has 0 radical (unpaired) electrons. The normalized spacial score (nSPS) is 15.3. The lowest BCUT2D eigenvalue weighted by Crippen LogP contribution is -2.36. The second-order valence-electron chi connectivity index (χ2n) is 6.89. The Bertz CT molecular complexity index is 861. The average Bonchev–Trinajstić information content (AvgIpc) is 3.03. The topological polar surface area (TPSA) is 61.1 Å². The van der Waals surface area contributed by atoms with E-state index in [-0.39, 0.29) is 11.1 Å². The number of aryl methyl sites for hydroxylation is 1. The average molecular weight is 374 g/mol. The molecule has 5 nitrogen and oxygen atoms in total. The Morgan fingerprint density at radius 3 is 2.92 bits per heavy atom. The van der Waals surface area contributed by atoms with Crippen LogP contribution in [0.4, 0.5) is 5.69 Å². The first-order chi connectivity index (χ1) is 12.4. The molecule has 1 unspecified atom stereocenters. The van der Waals surface area contributed by atoms with Crippen molar-refractivity contribution in [1.29, 1.82) is 0 Å². The van der Waals surface area contributed by atoms with E-state index in [0.717, 1.165) is 17.7 Å². The van der Waals surface area contributed by atoms with Crippen molar-refractivity contribution >= 4 is 17.3 Å². The van der Waals surface area contributed by atoms with Gasteiger partial charge in [-0.15, -0.1) is 0 Å². The van der Waals surface area contributed by atoms with Gasteiger partial charge < -0.3 is 15.3 Å². The molecular weight excluding hydrogens is 350 g/mol. The van der Waals surface area contributed by atoms with Crippen molar-refractivity contribution in [3.05, 3.63) is 62.7 Å². The molecule has 26 heavy (non-hydrogen) atoms. The molecule has 0 bridgehead atoms. The molecule has 138 valence electrons. The van der Waals surface area contributed by atoms with Crippen LogP contribution < -0.4 is 14.8 Å². The van der Waals surface area contributed by atoms with Crippen molar-refractivity contribution in [3.63, 3.8) is 0 Å². The number of rotatable bonds is 5. The lowest BCUT2D eigenvalue weighted by Gasteiger charge is -2.14. The number of anilines is 1. The van der Waals surface area contributed by atoms with Gasteiger partial charge in [-0.2, -0.15) is 4.73 Å². The van der Waals surface area contributed by atoms with Crippen LogP contribution in [0.15, 0.2) is 29.8 Å². The number of hydrogen-bond acceptors (Lipinski definition) is 4. The minimum absolute atomic E-state index is 0.101. The van der Waals surface area contributed by atoms with Crippen LogP contribution in [0.1, 0.15) is 42.3 Å². The van der Waals surface area contributed by atoms with E-state index in [1.54, 1.807) is 6.92 Å². The van der Waals surface area contributed by atoms with E-state index in [0.29, 0.717) is 23.7 Å². The molecule has 3 rings (SSSR count). The molecule has 2 heterocycles. The van der Waals surface area contributed by atoms with Gasteiger partial charge in [0.05, 0.1) is 7.11 Å². The molecule has 6 heteroatoms. The quantitative estimate of drug-likeness (QED) is 0.489. The monoisotopic (exact) mass is 373 g/mol. The lowest BCUT2D eigenvalue weighted by atomic mass is 9.94. The standard InChI is InChI=1S/C20H24ClN3O2/c1-12(2)8-9-14-6-5-7-16-15(11-22-18(14)16)10-17-20(26-4)23-13(3)19(21)24(17)25/h5-8,15,22H,9-11H2,1-4H3. The maximum Gasteiger partial charge on any atom is 0.308 e. The summed E-state index contributed by atoms with van der Waals surface area (Å²) in [6, 6.07) is 6.35. The van der Waals surface area contributed by atoms with Gasteiger partial charge in [0.2, 0.25) is 0 Å². The van der Waals surface area contributed by atoms with Crippen molar-refractivity contribution in [2.24, 2.45) is 0 Å². The molecule has 0 amide bonds. The van der Waals surface area contributed by atoms with Gasteiger partial charge in [-0.1, -0.05) is 29.8 Å². The number of aromatic nitrogens is 2. The number of ether oxygens (including phenoxy) is 1. The van der Waals surface area contributed by atoms with Crippen LogP contribution in [-0.4, -0.2) is 18.6 Å². The van der Waals surface area contributed by atoms with E-state index in [1.165, 1.54) is 29.5 Å². The second-order valence-corrected chi connectivity index (χ2v) is 7.25. The molecule has 0 saturated heterocycles. The van der Waals surface area contributed by atoms with E-state index < -0.39 is 0 Å². The van der Waals surface area contributed by atoms with Crippen LogP contribution in [0.25, 0.3) is 0 Å². The zero-order valence-electron chi connectivity index (χ0n) is 15.6. The predicted molar refractivity (Wildman–Crippen MR) is 104 cm³/mol. The maximum atomic E-state index is 12.5. The first-order valence-corrected chi connectivity index (χ1v) is 9.11. The third kappa shape index (κ3) is 3.49. The molecule has 0 spiro atoms. The van der Waals surface area contributed by atoms with Gasteiger partial charge in [-0.3, -0.25) is 0 Å². The summed E-state index contributed by atoms with van der Waals surface area (Å²) in [4.78, 5) is 4.31. The van der Waals surface area contributed by atoms with Crippen molar-refractivity contribution in [2.45, 2.75) is 39.5 Å². The number of para-hydroxylation sites is 1. The zero-order valence-corrected chi connectivity index (χ0v) is 16.4. The molecule has 0 saturated carbocycles. The van der Waals surface area contributed by atoms with E-state index in [1.807, 2.05) is 0 Å². The molecule has 1 atom stereocenters. The van der Waals surface area contributed by atoms with Gasteiger partial charge in [0, 0.05) is 24.6 Å². The summed E-state index contributed by atoms with van der Waals surface area (Å²) in [5.74, 6) is 0.516. The van der Waals surface area contributed by atoms with Crippen molar-refractivity contribution in [1.82, 2.24) is 4.98 Å². The highest BCUT2D eigenvalue weighted by Crippen LogP contribution is 2.37. The summed E-state index contributed by atoms with van der Waals surface area (Å²) in [6.45, 7) is 6.68. The number of nitrogens with zero attached hydrogens (tertiary/aromatic N) is 2. The Hall–Kier alpha value is -2.27. The summed E-state index contributed by atoms with van der Waals surface area (Å²) in [6.07, 6.45) is 3.64. The van der Waals surface area contributed by atoms with Gasteiger partial charge in [0.25, 0.3) is 11.6 Å². The van der Waals surface area contributed by atoms with E-state index in [2.05, 4.69) is 48.4 Å². The minimum atomic E-state index is 0.101. The summed E-state index contributed by atoms with van der Waals surface area (Å²) >= 11 is 6.10. The van der Waals surface area contributed by atoms with Crippen LogP contribution >= 0.6 is 11.6 Å².